The quantitative estimate of drug-likeness (QED) is 0.626. The van der Waals surface area contributed by atoms with Gasteiger partial charge < -0.3 is 15.2 Å². The molecule has 0 bridgehead atoms. The van der Waals surface area contributed by atoms with Crippen LogP contribution in [0.15, 0.2) is 41.3 Å². The summed E-state index contributed by atoms with van der Waals surface area (Å²) in [5.74, 6) is -1.96. The van der Waals surface area contributed by atoms with Gasteiger partial charge in [0.2, 0.25) is 0 Å². The molecule has 0 aliphatic heterocycles. The zero-order chi connectivity index (χ0) is 22.0. The van der Waals surface area contributed by atoms with Crippen molar-refractivity contribution in [1.29, 1.82) is 0 Å². The molecule has 0 spiro atoms. The van der Waals surface area contributed by atoms with Crippen LogP contribution in [0.5, 0.6) is 11.5 Å². The number of rotatable bonds is 7. The van der Waals surface area contributed by atoms with E-state index in [1.54, 1.807) is 0 Å². The summed E-state index contributed by atoms with van der Waals surface area (Å²) in [6.45, 7) is 2.61. The van der Waals surface area contributed by atoms with E-state index in [2.05, 4.69) is 5.32 Å². The Bertz CT molecular complexity index is 1020. The number of carboxylic acid groups (broad SMARTS) is 1. The largest absolute Gasteiger partial charge is 0.480 e. The van der Waals surface area contributed by atoms with Gasteiger partial charge in [-0.15, -0.1) is 0 Å². The van der Waals surface area contributed by atoms with E-state index in [4.69, 9.17) is 21.4 Å². The van der Waals surface area contributed by atoms with Gasteiger partial charge >= 0.3 is 12.1 Å². The SMILES string of the molecule is CCS(=O)(=O)c1ccc(Oc2cc(Cl)ccc2N[C@H](C)C(=O)O)cc1C(F)(F)F. The molecule has 0 aliphatic rings. The number of sulfone groups is 1. The first-order valence-corrected chi connectivity index (χ1v) is 10.3. The van der Waals surface area contributed by atoms with Crippen molar-refractivity contribution in [2.45, 2.75) is 31.0 Å². The Kier molecular flexibility index (Phi) is 6.69. The Morgan fingerprint density at radius 3 is 2.45 bits per heavy atom. The Morgan fingerprint density at radius 1 is 1.24 bits per heavy atom. The summed E-state index contributed by atoms with van der Waals surface area (Å²) < 4.78 is 69.7. The molecular formula is C18H17ClF3NO5S. The van der Waals surface area contributed by atoms with Crippen LogP contribution in [0.1, 0.15) is 19.4 Å². The number of carbonyl (C=O) groups is 1. The molecule has 0 amide bonds. The third kappa shape index (κ3) is 5.54. The van der Waals surface area contributed by atoms with Gasteiger partial charge in [-0.05, 0) is 37.3 Å². The lowest BCUT2D eigenvalue weighted by atomic mass is 10.2. The lowest BCUT2D eigenvalue weighted by molar-refractivity contribution is -0.140. The van der Waals surface area contributed by atoms with E-state index >= 15 is 0 Å². The highest BCUT2D eigenvalue weighted by molar-refractivity contribution is 7.91. The lowest BCUT2D eigenvalue weighted by Crippen LogP contribution is -2.25. The third-order valence-electron chi connectivity index (χ3n) is 3.89. The average molecular weight is 452 g/mol. The normalized spacial score (nSPS) is 13.0. The van der Waals surface area contributed by atoms with Crippen LogP contribution in [-0.4, -0.2) is 31.3 Å². The van der Waals surface area contributed by atoms with Crippen LogP contribution in [0.3, 0.4) is 0 Å². The molecule has 0 radical (unpaired) electrons. The topological polar surface area (TPSA) is 92.7 Å². The van der Waals surface area contributed by atoms with Crippen LogP contribution < -0.4 is 10.1 Å². The average Bonchev–Trinajstić information content (AvgIpc) is 2.62. The molecule has 2 rings (SSSR count). The van der Waals surface area contributed by atoms with Crippen molar-refractivity contribution < 1.29 is 36.2 Å². The smallest absolute Gasteiger partial charge is 0.417 e. The predicted octanol–water partition coefficient (Wildman–Crippen LogP) is 4.83. The van der Waals surface area contributed by atoms with Gasteiger partial charge in [-0.1, -0.05) is 18.5 Å². The van der Waals surface area contributed by atoms with Crippen molar-refractivity contribution in [2.75, 3.05) is 11.1 Å². The highest BCUT2D eigenvalue weighted by Gasteiger charge is 2.37. The Balaban J connectivity index is 2.50. The maximum Gasteiger partial charge on any atom is 0.417 e. The maximum absolute atomic E-state index is 13.4. The summed E-state index contributed by atoms with van der Waals surface area (Å²) in [6.07, 6.45) is -4.93. The molecule has 158 valence electrons. The highest BCUT2D eigenvalue weighted by Crippen LogP contribution is 2.39. The molecule has 0 fully saturated rings. The minimum atomic E-state index is -4.93. The zero-order valence-corrected chi connectivity index (χ0v) is 16.8. The number of halogens is 4. The summed E-state index contributed by atoms with van der Waals surface area (Å²) >= 11 is 5.91. The molecule has 11 heteroatoms. The van der Waals surface area contributed by atoms with Gasteiger partial charge in [-0.25, -0.2) is 8.42 Å². The van der Waals surface area contributed by atoms with Gasteiger partial charge in [0.05, 0.1) is 21.9 Å². The van der Waals surface area contributed by atoms with Crippen molar-refractivity contribution in [1.82, 2.24) is 0 Å². The fraction of sp³-hybridized carbons (Fsp3) is 0.278. The summed E-state index contributed by atoms with van der Waals surface area (Å²) in [7, 11) is -4.12. The predicted molar refractivity (Wildman–Crippen MR) is 101 cm³/mol. The summed E-state index contributed by atoms with van der Waals surface area (Å²) in [6, 6.07) is 5.64. The minimum Gasteiger partial charge on any atom is -0.480 e. The van der Waals surface area contributed by atoms with E-state index in [-0.39, 0.29) is 22.2 Å². The molecule has 0 aliphatic carbocycles. The van der Waals surface area contributed by atoms with Crippen molar-refractivity contribution in [3.63, 3.8) is 0 Å². The van der Waals surface area contributed by atoms with Crippen molar-refractivity contribution in [3.8, 4) is 11.5 Å². The molecule has 0 saturated carbocycles. The van der Waals surface area contributed by atoms with Crippen LogP contribution in [0.4, 0.5) is 18.9 Å². The number of hydrogen-bond donors (Lipinski definition) is 2. The Hall–Kier alpha value is -2.46. The number of nitrogens with one attached hydrogen (secondary N) is 1. The fourth-order valence-corrected chi connectivity index (χ4v) is 3.60. The van der Waals surface area contributed by atoms with Gasteiger partial charge in [-0.3, -0.25) is 4.79 Å². The molecule has 2 aromatic carbocycles. The first-order chi connectivity index (χ1) is 13.3. The first kappa shape index (κ1) is 22.8. The van der Waals surface area contributed by atoms with Crippen LogP contribution in [0.25, 0.3) is 0 Å². The molecule has 6 nitrogen and oxygen atoms in total. The van der Waals surface area contributed by atoms with E-state index in [0.29, 0.717) is 6.07 Å². The number of hydrogen-bond acceptors (Lipinski definition) is 5. The summed E-state index contributed by atoms with van der Waals surface area (Å²) in [5.41, 5.74) is -1.17. The van der Waals surface area contributed by atoms with Gasteiger partial charge in [0.15, 0.2) is 15.6 Å². The van der Waals surface area contributed by atoms with Gasteiger partial charge in [0, 0.05) is 11.1 Å². The number of carboxylic acids is 1. The monoisotopic (exact) mass is 451 g/mol. The molecule has 2 aromatic rings. The van der Waals surface area contributed by atoms with Crippen LogP contribution >= 0.6 is 11.6 Å². The van der Waals surface area contributed by atoms with Gasteiger partial charge in [0.25, 0.3) is 0 Å². The number of alkyl halides is 3. The van der Waals surface area contributed by atoms with Crippen LogP contribution in [0, 0.1) is 0 Å². The van der Waals surface area contributed by atoms with E-state index in [0.717, 1.165) is 12.1 Å². The Morgan fingerprint density at radius 2 is 1.90 bits per heavy atom. The number of anilines is 1. The number of ether oxygens (including phenoxy) is 1. The van der Waals surface area contributed by atoms with Crippen molar-refractivity contribution in [3.05, 3.63) is 47.0 Å². The second kappa shape index (κ2) is 8.50. The zero-order valence-electron chi connectivity index (χ0n) is 15.2. The van der Waals surface area contributed by atoms with E-state index in [9.17, 15) is 26.4 Å². The van der Waals surface area contributed by atoms with Gasteiger partial charge in [-0.2, -0.15) is 13.2 Å². The molecule has 1 atom stereocenters. The Labute approximate surface area is 170 Å². The maximum atomic E-state index is 13.4. The number of benzene rings is 2. The molecule has 0 unspecified atom stereocenters. The van der Waals surface area contributed by atoms with Crippen molar-refractivity contribution in [2.24, 2.45) is 0 Å². The molecular weight excluding hydrogens is 435 g/mol. The minimum absolute atomic E-state index is 0.0233. The standard InChI is InChI=1S/C18H17ClF3NO5S/c1-3-29(26,27)16-7-5-12(9-13(16)18(20,21)22)28-15-8-11(19)4-6-14(15)23-10(2)17(24)25/h4-10,23H,3H2,1-2H3,(H,24,25)/t10-/m1/s1. The molecule has 0 aromatic heterocycles. The molecule has 0 saturated heterocycles. The first-order valence-electron chi connectivity index (χ1n) is 8.26. The summed E-state index contributed by atoms with van der Waals surface area (Å²) in [4.78, 5) is 10.2. The summed E-state index contributed by atoms with van der Waals surface area (Å²) in [5, 5.41) is 11.9. The molecule has 2 N–H and O–H groups in total. The second-order valence-corrected chi connectivity index (χ2v) is 8.69. The van der Waals surface area contributed by atoms with E-state index in [1.165, 1.54) is 32.0 Å². The fourth-order valence-electron chi connectivity index (χ4n) is 2.34. The van der Waals surface area contributed by atoms with Gasteiger partial charge in [0.1, 0.15) is 11.8 Å². The molecule has 0 heterocycles. The second-order valence-electron chi connectivity index (χ2n) is 6.01. The number of aliphatic carboxylic acids is 1. The van der Waals surface area contributed by atoms with E-state index < -0.39 is 44.2 Å². The van der Waals surface area contributed by atoms with Crippen molar-refractivity contribution >= 4 is 33.1 Å². The highest BCUT2D eigenvalue weighted by atomic mass is 35.5. The van der Waals surface area contributed by atoms with Crippen LogP contribution in [0.2, 0.25) is 5.02 Å². The van der Waals surface area contributed by atoms with Crippen LogP contribution in [-0.2, 0) is 20.8 Å². The lowest BCUT2D eigenvalue weighted by Gasteiger charge is -2.18. The molecule has 29 heavy (non-hydrogen) atoms. The third-order valence-corrected chi connectivity index (χ3v) is 5.91. The van der Waals surface area contributed by atoms with E-state index in [1.807, 2.05) is 0 Å².